The number of piperidine rings is 1. The number of rotatable bonds is 6. The molecule has 0 aliphatic carbocycles. The van der Waals surface area contributed by atoms with Crippen LogP contribution in [0.4, 0.5) is 4.39 Å². The molecule has 0 unspecified atom stereocenters. The molecular formula is C23H23FN2O3. The maximum absolute atomic E-state index is 13.4. The molecule has 1 fully saturated rings. The Morgan fingerprint density at radius 1 is 1.17 bits per heavy atom. The van der Waals surface area contributed by atoms with Crippen molar-refractivity contribution in [1.29, 1.82) is 0 Å². The third kappa shape index (κ3) is 4.71. The quantitative estimate of drug-likeness (QED) is 0.649. The standard InChI is InChI=1S/C23H23FN2O3/c24-19-8-4-5-16(12-19)13-20-14-25-22(29-20)21-9-1-2-10-26(21)15-17-6-3-7-18(11-17)23(27)28/h3-8,11-12,14,21H,1-2,9-10,13,15H2,(H,27,28)/t21-/m0/s1. The number of likely N-dealkylation sites (tertiary alicyclic amines) is 1. The SMILES string of the molecule is O=C(O)c1cccc(CN2CCCC[C@H]2c2ncc(Cc3cccc(F)c3)o2)c1. The average molecular weight is 394 g/mol. The van der Waals surface area contributed by atoms with Crippen LogP contribution in [0.2, 0.25) is 0 Å². The summed E-state index contributed by atoms with van der Waals surface area (Å²) >= 11 is 0. The molecule has 5 nitrogen and oxygen atoms in total. The predicted molar refractivity (Wildman–Crippen MR) is 106 cm³/mol. The van der Waals surface area contributed by atoms with Crippen LogP contribution in [0, 0.1) is 5.82 Å². The zero-order valence-corrected chi connectivity index (χ0v) is 16.1. The minimum Gasteiger partial charge on any atom is -0.478 e. The Kier molecular flexibility index (Phi) is 5.71. The van der Waals surface area contributed by atoms with E-state index in [9.17, 15) is 14.3 Å². The number of oxazole rings is 1. The van der Waals surface area contributed by atoms with E-state index >= 15 is 0 Å². The van der Waals surface area contributed by atoms with E-state index in [4.69, 9.17) is 4.42 Å². The van der Waals surface area contributed by atoms with Gasteiger partial charge < -0.3 is 9.52 Å². The maximum Gasteiger partial charge on any atom is 0.335 e. The number of nitrogens with zero attached hydrogens (tertiary/aromatic N) is 2. The summed E-state index contributed by atoms with van der Waals surface area (Å²) in [5.41, 5.74) is 2.10. The normalized spacial score (nSPS) is 17.3. The highest BCUT2D eigenvalue weighted by molar-refractivity contribution is 5.87. The van der Waals surface area contributed by atoms with Gasteiger partial charge in [-0.25, -0.2) is 14.2 Å². The van der Waals surface area contributed by atoms with Crippen molar-refractivity contribution in [3.8, 4) is 0 Å². The molecular weight excluding hydrogens is 371 g/mol. The van der Waals surface area contributed by atoms with Crippen molar-refractivity contribution in [3.05, 3.63) is 88.9 Å². The Bertz CT molecular complexity index is 1000. The van der Waals surface area contributed by atoms with Gasteiger partial charge in [0.2, 0.25) is 5.89 Å². The molecule has 1 aliphatic rings. The molecule has 2 aromatic carbocycles. The second-order valence-corrected chi connectivity index (χ2v) is 7.46. The molecule has 1 aliphatic heterocycles. The third-order valence-corrected chi connectivity index (χ3v) is 5.30. The summed E-state index contributed by atoms with van der Waals surface area (Å²) in [6.45, 7) is 1.55. The Balaban J connectivity index is 1.50. The number of halogens is 1. The molecule has 150 valence electrons. The summed E-state index contributed by atoms with van der Waals surface area (Å²) in [7, 11) is 0. The lowest BCUT2D eigenvalue weighted by molar-refractivity contribution is 0.0696. The Hall–Kier alpha value is -2.99. The van der Waals surface area contributed by atoms with Crippen LogP contribution < -0.4 is 0 Å². The Labute approximate surface area is 168 Å². The molecule has 3 aromatic rings. The summed E-state index contributed by atoms with van der Waals surface area (Å²) in [5, 5.41) is 9.22. The largest absolute Gasteiger partial charge is 0.478 e. The van der Waals surface area contributed by atoms with Gasteiger partial charge in [-0.15, -0.1) is 0 Å². The smallest absolute Gasteiger partial charge is 0.335 e. The van der Waals surface area contributed by atoms with Crippen molar-refractivity contribution in [2.24, 2.45) is 0 Å². The van der Waals surface area contributed by atoms with Gasteiger partial charge >= 0.3 is 5.97 Å². The second kappa shape index (κ2) is 8.57. The van der Waals surface area contributed by atoms with E-state index in [1.807, 2.05) is 12.1 Å². The van der Waals surface area contributed by atoms with E-state index in [1.165, 1.54) is 12.1 Å². The van der Waals surface area contributed by atoms with Gasteiger partial charge in [0.05, 0.1) is 17.8 Å². The molecule has 1 N–H and O–H groups in total. The summed E-state index contributed by atoms with van der Waals surface area (Å²) in [4.78, 5) is 18.0. The van der Waals surface area contributed by atoms with Gasteiger partial charge in [-0.05, 0) is 54.8 Å². The number of benzene rings is 2. The molecule has 0 spiro atoms. The molecule has 2 heterocycles. The van der Waals surface area contributed by atoms with Gasteiger partial charge in [-0.2, -0.15) is 0 Å². The van der Waals surface area contributed by atoms with E-state index in [2.05, 4.69) is 9.88 Å². The molecule has 0 bridgehead atoms. The third-order valence-electron chi connectivity index (χ3n) is 5.30. The van der Waals surface area contributed by atoms with Crippen molar-refractivity contribution in [3.63, 3.8) is 0 Å². The number of carbonyl (C=O) groups is 1. The fraction of sp³-hybridized carbons (Fsp3) is 0.304. The predicted octanol–water partition coefficient (Wildman–Crippen LogP) is 4.83. The van der Waals surface area contributed by atoms with Gasteiger partial charge in [-0.1, -0.05) is 30.7 Å². The monoisotopic (exact) mass is 394 g/mol. The number of hydrogen-bond acceptors (Lipinski definition) is 4. The van der Waals surface area contributed by atoms with Gasteiger partial charge in [0.15, 0.2) is 0 Å². The van der Waals surface area contributed by atoms with Gasteiger partial charge in [0.25, 0.3) is 0 Å². The number of carboxylic acids is 1. The van der Waals surface area contributed by atoms with Gasteiger partial charge in [-0.3, -0.25) is 4.90 Å². The number of aromatic nitrogens is 1. The molecule has 0 saturated carbocycles. The lowest BCUT2D eigenvalue weighted by atomic mass is 10.0. The summed E-state index contributed by atoms with van der Waals surface area (Å²) in [6, 6.07) is 13.6. The Morgan fingerprint density at radius 3 is 2.83 bits per heavy atom. The van der Waals surface area contributed by atoms with Crippen LogP contribution >= 0.6 is 0 Å². The van der Waals surface area contributed by atoms with Crippen LogP contribution in [0.15, 0.2) is 59.1 Å². The zero-order valence-electron chi connectivity index (χ0n) is 16.1. The minimum atomic E-state index is -0.920. The second-order valence-electron chi connectivity index (χ2n) is 7.46. The highest BCUT2D eigenvalue weighted by atomic mass is 19.1. The topological polar surface area (TPSA) is 66.6 Å². The summed E-state index contributed by atoms with van der Waals surface area (Å²) < 4.78 is 19.4. The highest BCUT2D eigenvalue weighted by Gasteiger charge is 2.28. The molecule has 4 rings (SSSR count). The van der Waals surface area contributed by atoms with Crippen molar-refractivity contribution in [2.45, 2.75) is 38.3 Å². The van der Waals surface area contributed by atoms with Gasteiger partial charge in [0.1, 0.15) is 11.6 Å². The van der Waals surface area contributed by atoms with Gasteiger partial charge in [0, 0.05) is 13.0 Å². The molecule has 1 aromatic heterocycles. The zero-order chi connectivity index (χ0) is 20.2. The average Bonchev–Trinajstić information content (AvgIpc) is 3.17. The van der Waals surface area contributed by atoms with E-state index < -0.39 is 5.97 Å². The van der Waals surface area contributed by atoms with Crippen LogP contribution in [-0.2, 0) is 13.0 Å². The highest BCUT2D eigenvalue weighted by Crippen LogP contribution is 2.32. The first kappa shape index (κ1) is 19.3. The first-order valence-corrected chi connectivity index (χ1v) is 9.84. The van der Waals surface area contributed by atoms with E-state index in [-0.39, 0.29) is 11.9 Å². The van der Waals surface area contributed by atoms with Crippen molar-refractivity contribution in [2.75, 3.05) is 6.54 Å². The number of carboxylic acid groups (broad SMARTS) is 1. The summed E-state index contributed by atoms with van der Waals surface area (Å²) in [5.74, 6) is 0.204. The van der Waals surface area contributed by atoms with Crippen molar-refractivity contribution >= 4 is 5.97 Å². The van der Waals surface area contributed by atoms with Crippen LogP contribution in [0.25, 0.3) is 0 Å². The molecule has 1 atom stereocenters. The number of aromatic carboxylic acids is 1. The summed E-state index contributed by atoms with van der Waals surface area (Å²) in [6.07, 6.45) is 5.35. The van der Waals surface area contributed by atoms with E-state index in [0.29, 0.717) is 30.2 Å². The van der Waals surface area contributed by atoms with Crippen LogP contribution in [0.5, 0.6) is 0 Å². The molecule has 0 radical (unpaired) electrons. The van der Waals surface area contributed by atoms with Crippen LogP contribution in [0.1, 0.15) is 58.4 Å². The lowest BCUT2D eigenvalue weighted by Crippen LogP contribution is -2.33. The molecule has 1 saturated heterocycles. The van der Waals surface area contributed by atoms with Crippen LogP contribution in [-0.4, -0.2) is 27.5 Å². The van der Waals surface area contributed by atoms with Crippen molar-refractivity contribution < 1.29 is 18.7 Å². The fourth-order valence-electron chi connectivity index (χ4n) is 3.90. The molecule has 0 amide bonds. The fourth-order valence-corrected chi connectivity index (χ4v) is 3.90. The first-order valence-electron chi connectivity index (χ1n) is 9.84. The first-order chi connectivity index (χ1) is 14.1. The van der Waals surface area contributed by atoms with E-state index in [1.54, 1.807) is 30.5 Å². The molecule has 6 heteroatoms. The Morgan fingerprint density at radius 2 is 2.00 bits per heavy atom. The molecule has 29 heavy (non-hydrogen) atoms. The van der Waals surface area contributed by atoms with Crippen molar-refractivity contribution in [1.82, 2.24) is 9.88 Å². The van der Waals surface area contributed by atoms with Crippen LogP contribution in [0.3, 0.4) is 0 Å². The lowest BCUT2D eigenvalue weighted by Gasteiger charge is -2.33. The van der Waals surface area contributed by atoms with E-state index in [0.717, 1.165) is 36.9 Å². The maximum atomic E-state index is 13.4. The number of hydrogen-bond donors (Lipinski definition) is 1. The minimum absolute atomic E-state index is 0.0542.